The molecule has 0 aromatic heterocycles. The molecule has 0 aliphatic heterocycles. The third kappa shape index (κ3) is 3.24. The molecular formula is C13H18ClNO. The summed E-state index contributed by atoms with van der Waals surface area (Å²) < 4.78 is 0. The quantitative estimate of drug-likeness (QED) is 0.840. The second-order valence-corrected chi connectivity index (χ2v) is 5.37. The minimum absolute atomic E-state index is 0.0277. The molecule has 0 spiro atoms. The Morgan fingerprint density at radius 2 is 1.88 bits per heavy atom. The van der Waals surface area contributed by atoms with E-state index in [9.17, 15) is 4.79 Å². The summed E-state index contributed by atoms with van der Waals surface area (Å²) in [6.45, 7) is 7.61. The van der Waals surface area contributed by atoms with Crippen LogP contribution in [0.1, 0.15) is 39.3 Å². The lowest BCUT2D eigenvalue weighted by molar-refractivity contribution is -0.129. The van der Waals surface area contributed by atoms with Gasteiger partial charge in [0, 0.05) is 10.4 Å². The van der Waals surface area contributed by atoms with Gasteiger partial charge in [0.1, 0.15) is 0 Å². The second kappa shape index (κ2) is 4.88. The molecule has 2 nitrogen and oxygen atoms in total. The fourth-order valence-electron chi connectivity index (χ4n) is 1.32. The average Bonchev–Trinajstić information content (AvgIpc) is 2.16. The molecule has 0 aliphatic rings. The SMILES string of the molecule is C[C@@H](NC(=O)C(C)(C)C)c1ccccc1Cl. The van der Waals surface area contributed by atoms with Gasteiger partial charge in [0.25, 0.3) is 0 Å². The zero-order valence-electron chi connectivity index (χ0n) is 10.2. The van der Waals surface area contributed by atoms with Crippen molar-refractivity contribution in [2.75, 3.05) is 0 Å². The summed E-state index contributed by atoms with van der Waals surface area (Å²) in [7, 11) is 0. The number of carbonyl (C=O) groups is 1. The first-order chi connectivity index (χ1) is 7.32. The molecule has 0 saturated heterocycles. The van der Waals surface area contributed by atoms with Crippen LogP contribution in [0, 0.1) is 5.41 Å². The molecule has 1 rings (SSSR count). The lowest BCUT2D eigenvalue weighted by Crippen LogP contribution is -2.36. The maximum Gasteiger partial charge on any atom is 0.225 e. The largest absolute Gasteiger partial charge is 0.349 e. The number of halogens is 1. The summed E-state index contributed by atoms with van der Waals surface area (Å²) in [5.74, 6) is 0.0277. The van der Waals surface area contributed by atoms with Crippen molar-refractivity contribution in [2.24, 2.45) is 5.41 Å². The van der Waals surface area contributed by atoms with Gasteiger partial charge in [-0.2, -0.15) is 0 Å². The van der Waals surface area contributed by atoms with E-state index in [1.807, 2.05) is 52.0 Å². The summed E-state index contributed by atoms with van der Waals surface area (Å²) in [6.07, 6.45) is 0. The van der Waals surface area contributed by atoms with Gasteiger partial charge in [-0.05, 0) is 18.6 Å². The molecule has 1 amide bonds. The smallest absolute Gasteiger partial charge is 0.225 e. The van der Waals surface area contributed by atoms with Crippen LogP contribution in [0.5, 0.6) is 0 Å². The number of nitrogens with one attached hydrogen (secondary N) is 1. The van der Waals surface area contributed by atoms with Gasteiger partial charge < -0.3 is 5.32 Å². The fraction of sp³-hybridized carbons (Fsp3) is 0.462. The highest BCUT2D eigenvalue weighted by atomic mass is 35.5. The monoisotopic (exact) mass is 239 g/mol. The topological polar surface area (TPSA) is 29.1 Å². The molecule has 0 radical (unpaired) electrons. The van der Waals surface area contributed by atoms with E-state index >= 15 is 0 Å². The molecule has 0 bridgehead atoms. The first-order valence-electron chi connectivity index (χ1n) is 5.38. The summed E-state index contributed by atoms with van der Waals surface area (Å²) in [5.41, 5.74) is 0.567. The summed E-state index contributed by atoms with van der Waals surface area (Å²) in [5, 5.41) is 3.64. The number of hydrogen-bond donors (Lipinski definition) is 1. The highest BCUT2D eigenvalue weighted by Crippen LogP contribution is 2.23. The van der Waals surface area contributed by atoms with Crippen LogP contribution >= 0.6 is 11.6 Å². The average molecular weight is 240 g/mol. The van der Waals surface area contributed by atoms with Crippen molar-refractivity contribution in [1.82, 2.24) is 5.32 Å². The summed E-state index contributed by atoms with van der Waals surface area (Å²) in [4.78, 5) is 11.8. The standard InChI is InChI=1S/C13H18ClNO/c1-9(15-12(16)13(2,3)4)10-7-5-6-8-11(10)14/h5-9H,1-4H3,(H,15,16)/t9-/m1/s1. The van der Waals surface area contributed by atoms with E-state index in [2.05, 4.69) is 5.32 Å². The van der Waals surface area contributed by atoms with Crippen molar-refractivity contribution >= 4 is 17.5 Å². The number of benzene rings is 1. The van der Waals surface area contributed by atoms with Crippen molar-refractivity contribution in [3.63, 3.8) is 0 Å². The van der Waals surface area contributed by atoms with E-state index in [1.165, 1.54) is 0 Å². The molecule has 0 fully saturated rings. The minimum Gasteiger partial charge on any atom is -0.349 e. The van der Waals surface area contributed by atoms with E-state index in [-0.39, 0.29) is 17.4 Å². The minimum atomic E-state index is -0.379. The first kappa shape index (κ1) is 13.0. The van der Waals surface area contributed by atoms with E-state index in [4.69, 9.17) is 11.6 Å². The Hall–Kier alpha value is -1.02. The van der Waals surface area contributed by atoms with Gasteiger partial charge in [0.05, 0.1) is 6.04 Å². The van der Waals surface area contributed by atoms with Crippen molar-refractivity contribution in [3.05, 3.63) is 34.9 Å². The van der Waals surface area contributed by atoms with Crippen molar-refractivity contribution in [2.45, 2.75) is 33.7 Å². The molecule has 1 atom stereocenters. The van der Waals surface area contributed by atoms with Crippen molar-refractivity contribution in [1.29, 1.82) is 0 Å². The Bertz CT molecular complexity index is 382. The maximum absolute atomic E-state index is 11.8. The number of hydrogen-bond acceptors (Lipinski definition) is 1. The highest BCUT2D eigenvalue weighted by molar-refractivity contribution is 6.31. The normalized spacial score (nSPS) is 13.3. The van der Waals surface area contributed by atoms with Gasteiger partial charge >= 0.3 is 0 Å². The van der Waals surface area contributed by atoms with Crippen LogP contribution in [0.4, 0.5) is 0 Å². The lowest BCUT2D eigenvalue weighted by atomic mass is 9.94. The van der Waals surface area contributed by atoms with E-state index < -0.39 is 0 Å². The third-order valence-corrected chi connectivity index (χ3v) is 2.74. The zero-order valence-corrected chi connectivity index (χ0v) is 10.9. The summed E-state index contributed by atoms with van der Waals surface area (Å²) >= 11 is 6.07. The van der Waals surface area contributed by atoms with Gasteiger partial charge in [-0.3, -0.25) is 4.79 Å². The van der Waals surface area contributed by atoms with Gasteiger partial charge in [0.15, 0.2) is 0 Å². The van der Waals surface area contributed by atoms with Crippen LogP contribution in [-0.4, -0.2) is 5.91 Å². The Kier molecular flexibility index (Phi) is 3.98. The Morgan fingerprint density at radius 3 is 2.38 bits per heavy atom. The molecule has 1 aromatic carbocycles. The van der Waals surface area contributed by atoms with Crippen molar-refractivity contribution < 1.29 is 4.79 Å². The second-order valence-electron chi connectivity index (χ2n) is 4.97. The number of amides is 1. The van der Waals surface area contributed by atoms with E-state index in [0.29, 0.717) is 5.02 Å². The Balaban J connectivity index is 2.78. The van der Waals surface area contributed by atoms with Gasteiger partial charge in [-0.25, -0.2) is 0 Å². The van der Waals surface area contributed by atoms with Gasteiger partial charge in [-0.1, -0.05) is 50.6 Å². The van der Waals surface area contributed by atoms with E-state index in [0.717, 1.165) is 5.56 Å². The zero-order chi connectivity index (χ0) is 12.3. The molecule has 0 heterocycles. The Labute approximate surface area is 102 Å². The highest BCUT2D eigenvalue weighted by Gasteiger charge is 2.23. The predicted molar refractivity (Wildman–Crippen MR) is 67.5 cm³/mol. The fourth-order valence-corrected chi connectivity index (χ4v) is 1.62. The van der Waals surface area contributed by atoms with Crippen LogP contribution in [0.2, 0.25) is 5.02 Å². The molecule has 0 unspecified atom stereocenters. The lowest BCUT2D eigenvalue weighted by Gasteiger charge is -2.22. The molecule has 0 saturated carbocycles. The number of rotatable bonds is 2. The van der Waals surface area contributed by atoms with Crippen LogP contribution in [0.3, 0.4) is 0 Å². The molecule has 88 valence electrons. The maximum atomic E-state index is 11.8. The molecule has 0 aliphatic carbocycles. The molecule has 1 aromatic rings. The Morgan fingerprint density at radius 1 is 1.31 bits per heavy atom. The van der Waals surface area contributed by atoms with Crippen LogP contribution < -0.4 is 5.32 Å². The predicted octanol–water partition coefficient (Wildman–Crippen LogP) is 3.56. The molecule has 16 heavy (non-hydrogen) atoms. The molecule has 3 heteroatoms. The summed E-state index contributed by atoms with van der Waals surface area (Å²) in [6, 6.07) is 7.48. The first-order valence-corrected chi connectivity index (χ1v) is 5.75. The van der Waals surface area contributed by atoms with Gasteiger partial charge in [0.2, 0.25) is 5.91 Å². The van der Waals surface area contributed by atoms with Crippen molar-refractivity contribution in [3.8, 4) is 0 Å². The third-order valence-electron chi connectivity index (χ3n) is 2.40. The number of carbonyl (C=O) groups excluding carboxylic acids is 1. The van der Waals surface area contributed by atoms with Crippen LogP contribution in [0.15, 0.2) is 24.3 Å². The molecule has 1 N–H and O–H groups in total. The van der Waals surface area contributed by atoms with Crippen LogP contribution in [-0.2, 0) is 4.79 Å². The van der Waals surface area contributed by atoms with Gasteiger partial charge in [-0.15, -0.1) is 0 Å². The molecular weight excluding hydrogens is 222 g/mol. The van der Waals surface area contributed by atoms with E-state index in [1.54, 1.807) is 0 Å². The van der Waals surface area contributed by atoms with Crippen LogP contribution in [0.25, 0.3) is 0 Å².